The Balaban J connectivity index is 1.61. The van der Waals surface area contributed by atoms with E-state index in [9.17, 15) is 4.39 Å². The van der Waals surface area contributed by atoms with Gasteiger partial charge < -0.3 is 15.4 Å². The van der Waals surface area contributed by atoms with Gasteiger partial charge in [0.25, 0.3) is 0 Å². The second-order valence-corrected chi connectivity index (χ2v) is 6.88. The second kappa shape index (κ2) is 8.53. The number of para-hydroxylation sites is 1. The topological polar surface area (TPSA) is 36.5 Å². The summed E-state index contributed by atoms with van der Waals surface area (Å²) in [5.41, 5.74) is 0.383. The molecule has 0 radical (unpaired) electrons. The van der Waals surface area contributed by atoms with Crippen LogP contribution >= 0.6 is 23.6 Å². The molecule has 0 unspecified atom stereocenters. The molecule has 4 nitrogen and oxygen atoms in total. The van der Waals surface area contributed by atoms with Gasteiger partial charge in [0.05, 0.1) is 24.9 Å². The molecule has 0 spiro atoms. The molecule has 2 N–H and O–H groups in total. The lowest BCUT2D eigenvalue weighted by Gasteiger charge is -2.34. The van der Waals surface area contributed by atoms with Gasteiger partial charge in [0, 0.05) is 24.5 Å². The van der Waals surface area contributed by atoms with Gasteiger partial charge in [-0.3, -0.25) is 4.90 Å². The maximum absolute atomic E-state index is 13.7. The van der Waals surface area contributed by atoms with Crippen molar-refractivity contribution in [3.8, 4) is 0 Å². The van der Waals surface area contributed by atoms with Gasteiger partial charge in [0.15, 0.2) is 5.11 Å². The van der Waals surface area contributed by atoms with E-state index in [0.717, 1.165) is 26.3 Å². The van der Waals surface area contributed by atoms with Crippen molar-refractivity contribution in [2.75, 3.05) is 38.2 Å². The highest BCUT2D eigenvalue weighted by atomic mass is 32.1. The Morgan fingerprint density at radius 1 is 1.25 bits per heavy atom. The first-order valence-corrected chi connectivity index (χ1v) is 9.17. The largest absolute Gasteiger partial charge is 0.379 e. The summed E-state index contributed by atoms with van der Waals surface area (Å²) >= 11 is 7.05. The first kappa shape index (κ1) is 17.3. The van der Waals surface area contributed by atoms with E-state index in [1.54, 1.807) is 29.5 Å². The zero-order valence-electron chi connectivity index (χ0n) is 13.2. The van der Waals surface area contributed by atoms with Crippen molar-refractivity contribution in [1.29, 1.82) is 0 Å². The average Bonchev–Trinajstić information content (AvgIpc) is 3.12. The molecule has 2 heterocycles. The Bertz CT molecular complexity index is 660. The van der Waals surface area contributed by atoms with Crippen LogP contribution in [0.5, 0.6) is 0 Å². The Morgan fingerprint density at radius 2 is 2.04 bits per heavy atom. The summed E-state index contributed by atoms with van der Waals surface area (Å²) in [5, 5.41) is 8.65. The highest BCUT2D eigenvalue weighted by molar-refractivity contribution is 7.80. The van der Waals surface area contributed by atoms with Crippen LogP contribution < -0.4 is 10.6 Å². The van der Waals surface area contributed by atoms with Crippen molar-refractivity contribution in [2.24, 2.45) is 0 Å². The maximum Gasteiger partial charge on any atom is 0.170 e. The van der Waals surface area contributed by atoms with Gasteiger partial charge in [0.1, 0.15) is 5.82 Å². The van der Waals surface area contributed by atoms with Crippen molar-refractivity contribution >= 4 is 34.4 Å². The summed E-state index contributed by atoms with van der Waals surface area (Å²) in [6.45, 7) is 3.97. The Kier molecular flexibility index (Phi) is 6.14. The molecular formula is C17H20FN3OS2. The molecule has 1 atom stereocenters. The molecule has 0 bridgehead atoms. The number of halogens is 1. The van der Waals surface area contributed by atoms with Crippen LogP contribution in [0.3, 0.4) is 0 Å². The number of hydrogen-bond donors (Lipinski definition) is 2. The molecule has 0 saturated carbocycles. The van der Waals surface area contributed by atoms with E-state index in [0.29, 0.717) is 17.3 Å². The number of thiocarbonyl (C=S) groups is 1. The zero-order valence-corrected chi connectivity index (χ0v) is 14.8. The summed E-state index contributed by atoms with van der Waals surface area (Å²) in [7, 11) is 0. The fourth-order valence-corrected chi connectivity index (χ4v) is 3.75. The van der Waals surface area contributed by atoms with Crippen LogP contribution in [0, 0.1) is 5.82 Å². The number of anilines is 1. The molecular weight excluding hydrogens is 345 g/mol. The van der Waals surface area contributed by atoms with E-state index < -0.39 is 0 Å². The van der Waals surface area contributed by atoms with Crippen molar-refractivity contribution in [3.05, 3.63) is 52.5 Å². The first-order chi connectivity index (χ1) is 11.7. The summed E-state index contributed by atoms with van der Waals surface area (Å²) < 4.78 is 19.1. The summed E-state index contributed by atoms with van der Waals surface area (Å²) in [5.74, 6) is -0.315. The predicted molar refractivity (Wildman–Crippen MR) is 100 cm³/mol. The minimum absolute atomic E-state index is 0.231. The van der Waals surface area contributed by atoms with E-state index in [2.05, 4.69) is 33.0 Å². The van der Waals surface area contributed by atoms with Gasteiger partial charge in [-0.15, -0.1) is 11.3 Å². The third-order valence-electron chi connectivity index (χ3n) is 3.94. The zero-order chi connectivity index (χ0) is 16.8. The van der Waals surface area contributed by atoms with Gasteiger partial charge in [-0.05, 0) is 35.8 Å². The number of rotatable bonds is 5. The molecule has 1 fully saturated rings. The van der Waals surface area contributed by atoms with Gasteiger partial charge in [-0.25, -0.2) is 4.39 Å². The quantitative estimate of drug-likeness (QED) is 0.796. The SMILES string of the molecule is Fc1ccccc1NC(=S)NC[C@H](c1cccs1)N1CCOCC1. The maximum atomic E-state index is 13.7. The number of thiophene rings is 1. The normalized spacial score (nSPS) is 16.5. The van der Waals surface area contributed by atoms with E-state index in [-0.39, 0.29) is 11.9 Å². The van der Waals surface area contributed by atoms with Crippen molar-refractivity contribution in [3.63, 3.8) is 0 Å². The van der Waals surface area contributed by atoms with Crippen LogP contribution in [0.1, 0.15) is 10.9 Å². The number of benzene rings is 1. The summed E-state index contributed by atoms with van der Waals surface area (Å²) in [6, 6.07) is 10.9. The average molecular weight is 365 g/mol. The van der Waals surface area contributed by atoms with Crippen LogP contribution in [-0.4, -0.2) is 42.9 Å². The lowest BCUT2D eigenvalue weighted by atomic mass is 10.2. The fraction of sp³-hybridized carbons (Fsp3) is 0.353. The molecule has 0 amide bonds. The van der Waals surface area contributed by atoms with Gasteiger partial charge in [0.2, 0.25) is 0 Å². The highest BCUT2D eigenvalue weighted by Gasteiger charge is 2.23. The molecule has 1 aromatic heterocycles. The minimum Gasteiger partial charge on any atom is -0.379 e. The van der Waals surface area contributed by atoms with Gasteiger partial charge >= 0.3 is 0 Å². The predicted octanol–water partition coefficient (Wildman–Crippen LogP) is 3.25. The smallest absolute Gasteiger partial charge is 0.170 e. The van der Waals surface area contributed by atoms with Crippen LogP contribution in [0.25, 0.3) is 0 Å². The molecule has 0 aliphatic carbocycles. The van der Waals surface area contributed by atoms with Crippen LogP contribution in [0.15, 0.2) is 41.8 Å². The van der Waals surface area contributed by atoms with E-state index in [1.807, 2.05) is 0 Å². The molecule has 1 aliphatic rings. The van der Waals surface area contributed by atoms with Crippen molar-refractivity contribution in [2.45, 2.75) is 6.04 Å². The van der Waals surface area contributed by atoms with Crippen molar-refractivity contribution in [1.82, 2.24) is 10.2 Å². The minimum atomic E-state index is -0.315. The van der Waals surface area contributed by atoms with Gasteiger partial charge in [-0.1, -0.05) is 18.2 Å². The lowest BCUT2D eigenvalue weighted by molar-refractivity contribution is 0.0177. The van der Waals surface area contributed by atoms with Gasteiger partial charge in [-0.2, -0.15) is 0 Å². The molecule has 2 aromatic rings. The Morgan fingerprint density at radius 3 is 2.75 bits per heavy atom. The van der Waals surface area contributed by atoms with Crippen LogP contribution in [-0.2, 0) is 4.74 Å². The number of morpholine rings is 1. The van der Waals surface area contributed by atoms with E-state index >= 15 is 0 Å². The standard InChI is InChI=1S/C17H20FN3OS2/c18-13-4-1-2-5-14(13)20-17(23)19-12-15(16-6-3-11-24-16)21-7-9-22-10-8-21/h1-6,11,15H,7-10,12H2,(H2,19,20,23)/t15-/m1/s1. The number of hydrogen-bond acceptors (Lipinski definition) is 4. The highest BCUT2D eigenvalue weighted by Crippen LogP contribution is 2.25. The molecule has 24 heavy (non-hydrogen) atoms. The molecule has 1 aromatic carbocycles. The Hall–Kier alpha value is -1.54. The van der Waals surface area contributed by atoms with E-state index in [1.165, 1.54) is 10.9 Å². The Labute approximate surface area is 150 Å². The third kappa shape index (κ3) is 4.51. The van der Waals surface area contributed by atoms with Crippen molar-refractivity contribution < 1.29 is 9.13 Å². The fourth-order valence-electron chi connectivity index (χ4n) is 2.70. The molecule has 3 rings (SSSR count). The number of nitrogens with zero attached hydrogens (tertiary/aromatic N) is 1. The monoisotopic (exact) mass is 365 g/mol. The van der Waals surface area contributed by atoms with E-state index in [4.69, 9.17) is 17.0 Å². The first-order valence-electron chi connectivity index (χ1n) is 7.88. The molecule has 128 valence electrons. The summed E-state index contributed by atoms with van der Waals surface area (Å²) in [4.78, 5) is 3.69. The number of nitrogens with one attached hydrogen (secondary N) is 2. The third-order valence-corrected chi connectivity index (χ3v) is 5.16. The lowest BCUT2D eigenvalue weighted by Crippen LogP contribution is -2.44. The second-order valence-electron chi connectivity index (χ2n) is 5.49. The summed E-state index contributed by atoms with van der Waals surface area (Å²) in [6.07, 6.45) is 0. The number of ether oxygens (including phenoxy) is 1. The van der Waals surface area contributed by atoms with Crippen LogP contribution in [0.2, 0.25) is 0 Å². The molecule has 7 heteroatoms. The molecule has 1 aliphatic heterocycles. The van der Waals surface area contributed by atoms with Crippen LogP contribution in [0.4, 0.5) is 10.1 Å². The molecule has 1 saturated heterocycles.